The number of ether oxygens (including phenoxy) is 1. The number of fused-ring (bicyclic) bond motifs is 1. The molecule has 0 saturated heterocycles. The van der Waals surface area contributed by atoms with Crippen LogP contribution in [-0.4, -0.2) is 32.6 Å². The molecule has 0 radical (unpaired) electrons. The number of benzene rings is 1. The molecule has 0 fully saturated rings. The van der Waals surface area contributed by atoms with Crippen molar-refractivity contribution in [2.45, 2.75) is 17.7 Å². The zero-order valence-corrected chi connectivity index (χ0v) is 12.9. The molecule has 0 unspecified atom stereocenters. The van der Waals surface area contributed by atoms with E-state index in [1.165, 1.54) is 16.0 Å². The molecule has 18 heavy (non-hydrogen) atoms. The maximum Gasteiger partial charge on any atom is 0.0556 e. The maximum atomic E-state index is 6.31. The normalized spacial score (nSPS) is 14.6. The summed E-state index contributed by atoms with van der Waals surface area (Å²) in [5.41, 5.74) is 2.88. The summed E-state index contributed by atoms with van der Waals surface area (Å²) < 4.78 is 5.10. The molecule has 0 aromatic heterocycles. The van der Waals surface area contributed by atoms with Gasteiger partial charge in [-0.05, 0) is 43.1 Å². The van der Waals surface area contributed by atoms with Gasteiger partial charge in [-0.3, -0.25) is 0 Å². The molecule has 0 spiro atoms. The summed E-state index contributed by atoms with van der Waals surface area (Å²) >= 11 is 8.12. The van der Waals surface area contributed by atoms with Crippen molar-refractivity contribution >= 4 is 35.8 Å². The van der Waals surface area contributed by atoms with Crippen LogP contribution < -0.4 is 5.32 Å². The summed E-state index contributed by atoms with van der Waals surface area (Å²) in [7, 11) is 1.73. The Bertz CT molecular complexity index is 387. The predicted octanol–water partition coefficient (Wildman–Crippen LogP) is 3.19. The van der Waals surface area contributed by atoms with Crippen LogP contribution in [0.25, 0.3) is 0 Å². The van der Waals surface area contributed by atoms with Gasteiger partial charge >= 0.3 is 0 Å². The van der Waals surface area contributed by atoms with Crippen molar-refractivity contribution in [1.82, 2.24) is 5.32 Å². The minimum absolute atomic E-state index is 0. The number of thioether (sulfide) groups is 1. The third kappa shape index (κ3) is 4.04. The summed E-state index contributed by atoms with van der Waals surface area (Å²) in [6.45, 7) is 2.88. The van der Waals surface area contributed by atoms with E-state index in [4.69, 9.17) is 16.3 Å². The van der Waals surface area contributed by atoms with Gasteiger partial charge in [0.05, 0.1) is 11.6 Å². The molecule has 0 bridgehead atoms. The first-order valence-electron chi connectivity index (χ1n) is 5.95. The van der Waals surface area contributed by atoms with Gasteiger partial charge in [0.2, 0.25) is 0 Å². The lowest BCUT2D eigenvalue weighted by atomic mass is 10.0. The standard InChI is InChI=1S/C13H18ClNOS.ClH/c1-16-8-9-17-13-11-5-7-15-6-4-10(11)2-3-12(13)14;/h2-3,15H,4-9H2,1H3;1H. The molecule has 0 atom stereocenters. The van der Waals surface area contributed by atoms with Crippen molar-refractivity contribution in [3.8, 4) is 0 Å². The van der Waals surface area contributed by atoms with E-state index in [1.54, 1.807) is 7.11 Å². The molecule has 2 rings (SSSR count). The third-order valence-electron chi connectivity index (χ3n) is 2.97. The van der Waals surface area contributed by atoms with Gasteiger partial charge in [0.15, 0.2) is 0 Å². The Balaban J connectivity index is 0.00000162. The topological polar surface area (TPSA) is 21.3 Å². The van der Waals surface area contributed by atoms with Crippen molar-refractivity contribution in [2.24, 2.45) is 0 Å². The molecule has 102 valence electrons. The largest absolute Gasteiger partial charge is 0.384 e. The minimum atomic E-state index is 0. The Kier molecular flexibility index (Phi) is 7.42. The zero-order valence-electron chi connectivity index (χ0n) is 10.5. The average molecular weight is 308 g/mol. The molecule has 0 saturated carbocycles. The number of rotatable bonds is 4. The van der Waals surface area contributed by atoms with Gasteiger partial charge in [0.25, 0.3) is 0 Å². The van der Waals surface area contributed by atoms with Crippen molar-refractivity contribution in [2.75, 3.05) is 32.6 Å². The molecular weight excluding hydrogens is 289 g/mol. The van der Waals surface area contributed by atoms with E-state index < -0.39 is 0 Å². The molecular formula is C13H19Cl2NOS. The van der Waals surface area contributed by atoms with Gasteiger partial charge in [-0.15, -0.1) is 24.2 Å². The Hall–Kier alpha value is 0.0700. The van der Waals surface area contributed by atoms with E-state index in [0.29, 0.717) is 0 Å². The van der Waals surface area contributed by atoms with Crippen molar-refractivity contribution in [1.29, 1.82) is 0 Å². The fourth-order valence-corrected chi connectivity index (χ4v) is 3.50. The van der Waals surface area contributed by atoms with Crippen LogP contribution in [0.2, 0.25) is 5.02 Å². The lowest BCUT2D eigenvalue weighted by Crippen LogP contribution is -2.16. The molecule has 5 heteroatoms. The highest BCUT2D eigenvalue weighted by Crippen LogP contribution is 2.34. The number of halogens is 2. The fourth-order valence-electron chi connectivity index (χ4n) is 2.09. The van der Waals surface area contributed by atoms with Gasteiger partial charge < -0.3 is 10.1 Å². The first kappa shape index (κ1) is 16.1. The lowest BCUT2D eigenvalue weighted by Gasteiger charge is -2.13. The summed E-state index contributed by atoms with van der Waals surface area (Å²) in [5, 5.41) is 4.31. The summed E-state index contributed by atoms with van der Waals surface area (Å²) in [6, 6.07) is 4.20. The maximum absolute atomic E-state index is 6.31. The monoisotopic (exact) mass is 307 g/mol. The number of methoxy groups -OCH3 is 1. The number of hydrogen-bond acceptors (Lipinski definition) is 3. The highest BCUT2D eigenvalue weighted by atomic mass is 35.5. The highest BCUT2D eigenvalue weighted by molar-refractivity contribution is 7.99. The van der Waals surface area contributed by atoms with Crippen LogP contribution in [0, 0.1) is 0 Å². The smallest absolute Gasteiger partial charge is 0.0556 e. The zero-order chi connectivity index (χ0) is 12.1. The molecule has 0 amide bonds. The van der Waals surface area contributed by atoms with E-state index in [9.17, 15) is 0 Å². The van der Waals surface area contributed by atoms with E-state index in [0.717, 1.165) is 43.3 Å². The van der Waals surface area contributed by atoms with Crippen LogP contribution in [0.15, 0.2) is 17.0 Å². The Morgan fingerprint density at radius 2 is 2.11 bits per heavy atom. The Labute approximate surface area is 124 Å². The van der Waals surface area contributed by atoms with Crippen LogP contribution in [0.3, 0.4) is 0 Å². The highest BCUT2D eigenvalue weighted by Gasteiger charge is 2.14. The van der Waals surface area contributed by atoms with Crippen molar-refractivity contribution in [3.05, 3.63) is 28.3 Å². The van der Waals surface area contributed by atoms with Gasteiger partial charge in [-0.25, -0.2) is 0 Å². The molecule has 1 heterocycles. The molecule has 0 aliphatic carbocycles. The molecule has 1 aliphatic heterocycles. The van der Waals surface area contributed by atoms with E-state index in [-0.39, 0.29) is 12.4 Å². The number of nitrogens with one attached hydrogen (secondary N) is 1. The molecule has 1 aliphatic rings. The minimum Gasteiger partial charge on any atom is -0.384 e. The second-order valence-corrected chi connectivity index (χ2v) is 5.62. The van der Waals surface area contributed by atoms with Gasteiger partial charge in [-0.1, -0.05) is 17.7 Å². The van der Waals surface area contributed by atoms with E-state index in [1.807, 2.05) is 17.8 Å². The first-order valence-corrected chi connectivity index (χ1v) is 7.32. The van der Waals surface area contributed by atoms with Crippen LogP contribution in [0.4, 0.5) is 0 Å². The van der Waals surface area contributed by atoms with Gasteiger partial charge in [-0.2, -0.15) is 0 Å². The van der Waals surface area contributed by atoms with Crippen LogP contribution in [0.1, 0.15) is 11.1 Å². The fraction of sp³-hybridized carbons (Fsp3) is 0.538. The summed E-state index contributed by atoms with van der Waals surface area (Å²) in [6.07, 6.45) is 2.18. The Morgan fingerprint density at radius 1 is 1.33 bits per heavy atom. The van der Waals surface area contributed by atoms with Gasteiger partial charge in [0, 0.05) is 17.8 Å². The molecule has 1 aromatic rings. The van der Waals surface area contributed by atoms with E-state index >= 15 is 0 Å². The van der Waals surface area contributed by atoms with Crippen molar-refractivity contribution in [3.63, 3.8) is 0 Å². The van der Waals surface area contributed by atoms with Crippen LogP contribution in [-0.2, 0) is 17.6 Å². The second kappa shape index (κ2) is 8.28. The lowest BCUT2D eigenvalue weighted by molar-refractivity contribution is 0.218. The summed E-state index contributed by atoms with van der Waals surface area (Å²) in [5.74, 6) is 0.958. The third-order valence-corrected chi connectivity index (χ3v) is 4.52. The molecule has 1 aromatic carbocycles. The number of hydrogen-bond donors (Lipinski definition) is 1. The molecule has 2 nitrogen and oxygen atoms in total. The van der Waals surface area contributed by atoms with Crippen molar-refractivity contribution < 1.29 is 4.74 Å². The average Bonchev–Trinajstić information content (AvgIpc) is 2.57. The summed E-state index contributed by atoms with van der Waals surface area (Å²) in [4.78, 5) is 1.25. The Morgan fingerprint density at radius 3 is 2.89 bits per heavy atom. The van der Waals surface area contributed by atoms with Crippen LogP contribution in [0.5, 0.6) is 0 Å². The van der Waals surface area contributed by atoms with Gasteiger partial charge in [0.1, 0.15) is 0 Å². The SMILES string of the molecule is COCCSc1c(Cl)ccc2c1CCNCC2.Cl. The van der Waals surface area contributed by atoms with E-state index in [2.05, 4.69) is 11.4 Å². The van der Waals surface area contributed by atoms with Crippen LogP contribution >= 0.6 is 35.8 Å². The second-order valence-electron chi connectivity index (χ2n) is 4.11. The first-order chi connectivity index (χ1) is 8.33. The predicted molar refractivity (Wildman–Crippen MR) is 81.6 cm³/mol. The quantitative estimate of drug-likeness (QED) is 0.682. The molecule has 1 N–H and O–H groups in total.